The normalized spacial score (nSPS) is 14.7. The molecule has 0 bridgehead atoms. The zero-order valence-electron chi connectivity index (χ0n) is 15.9. The third kappa shape index (κ3) is 4.28. The Hall–Kier alpha value is -2.61. The monoisotopic (exact) mass is 451 g/mol. The molecule has 0 radical (unpaired) electrons. The summed E-state index contributed by atoms with van der Waals surface area (Å²) in [6.45, 7) is 3.41. The molecule has 5 nitrogen and oxygen atoms in total. The van der Waals surface area contributed by atoms with Crippen LogP contribution in [0.4, 0.5) is 13.2 Å². The minimum atomic E-state index is -5.14. The Morgan fingerprint density at radius 2 is 1.83 bits per heavy atom. The van der Waals surface area contributed by atoms with Gasteiger partial charge in [-0.15, -0.1) is 22.7 Å². The zero-order valence-corrected chi connectivity index (χ0v) is 17.5. The first-order chi connectivity index (χ1) is 14.0. The average molecular weight is 451 g/mol. The molecule has 156 valence electrons. The molecule has 0 fully saturated rings. The van der Waals surface area contributed by atoms with E-state index in [1.54, 1.807) is 11.4 Å². The van der Waals surface area contributed by atoms with Crippen LogP contribution in [-0.4, -0.2) is 27.0 Å². The van der Waals surface area contributed by atoms with Crippen molar-refractivity contribution in [3.05, 3.63) is 56.3 Å². The first kappa shape index (κ1) is 22.1. The van der Waals surface area contributed by atoms with Gasteiger partial charge in [-0.2, -0.15) is 18.4 Å². The minimum absolute atomic E-state index is 0.0814. The number of carbonyl (C=O) groups excluding carboxylic acids is 1. The van der Waals surface area contributed by atoms with Gasteiger partial charge in [0.2, 0.25) is 5.60 Å². The number of nitriles is 1. The molecule has 3 rings (SSSR count). The molecule has 2 heterocycles. The lowest BCUT2D eigenvalue weighted by atomic mass is 9.91. The summed E-state index contributed by atoms with van der Waals surface area (Å²) in [5.74, 6) is -2.60. The fraction of sp³-hybridized carbons (Fsp3) is 0.300. The summed E-state index contributed by atoms with van der Waals surface area (Å²) < 4.78 is 41.0. The highest BCUT2D eigenvalue weighted by atomic mass is 32.1. The van der Waals surface area contributed by atoms with Crippen LogP contribution in [0.5, 0.6) is 0 Å². The Balaban J connectivity index is 1.89. The quantitative estimate of drug-likeness (QED) is 0.576. The number of aliphatic hydroxyl groups is 1. The second-order valence-electron chi connectivity index (χ2n) is 6.79. The lowest BCUT2D eigenvalue weighted by Crippen LogP contribution is -2.44. The number of thiazole rings is 2. The van der Waals surface area contributed by atoms with Crippen LogP contribution in [0.1, 0.15) is 33.6 Å². The third-order valence-electron chi connectivity index (χ3n) is 4.44. The number of aryl methyl sites for hydroxylation is 2. The van der Waals surface area contributed by atoms with E-state index >= 15 is 0 Å². The lowest BCUT2D eigenvalue weighted by molar-refractivity contribution is -0.267. The average Bonchev–Trinajstić information content (AvgIpc) is 3.32. The van der Waals surface area contributed by atoms with Crippen LogP contribution >= 0.6 is 22.7 Å². The van der Waals surface area contributed by atoms with Crippen molar-refractivity contribution in [3.8, 4) is 17.3 Å². The number of halogens is 3. The number of hydrogen-bond acceptors (Lipinski definition) is 7. The minimum Gasteiger partial charge on any atom is -0.374 e. The number of nitrogens with zero attached hydrogens (tertiary/aromatic N) is 3. The summed E-state index contributed by atoms with van der Waals surface area (Å²) >= 11 is 1.63. The van der Waals surface area contributed by atoms with Gasteiger partial charge in [0.25, 0.3) is 0 Å². The van der Waals surface area contributed by atoms with E-state index in [4.69, 9.17) is 0 Å². The summed E-state index contributed by atoms with van der Waals surface area (Å²) in [5, 5.41) is 22.3. The number of ketones is 1. The third-order valence-corrected chi connectivity index (χ3v) is 6.46. The molecular formula is C20H16F3N3O2S2. The summed E-state index contributed by atoms with van der Waals surface area (Å²) in [6.07, 6.45) is -6.45. The number of benzene rings is 1. The molecule has 0 aliphatic carbocycles. The summed E-state index contributed by atoms with van der Waals surface area (Å²) in [5.41, 5.74) is -0.843. The van der Waals surface area contributed by atoms with Crippen molar-refractivity contribution in [2.75, 3.05) is 0 Å². The van der Waals surface area contributed by atoms with Crippen LogP contribution in [0.15, 0.2) is 35.0 Å². The maximum absolute atomic E-state index is 13.7. The van der Waals surface area contributed by atoms with Crippen molar-refractivity contribution in [3.63, 3.8) is 0 Å². The maximum atomic E-state index is 13.7. The molecule has 0 saturated carbocycles. The zero-order chi connectivity index (χ0) is 22.1. The number of alkyl halides is 3. The molecule has 1 aromatic carbocycles. The Labute approximate surface area is 178 Å². The Bertz CT molecular complexity index is 1100. The van der Waals surface area contributed by atoms with Crippen molar-refractivity contribution in [2.24, 2.45) is 0 Å². The molecule has 1 N–H and O–H groups in total. The first-order valence-corrected chi connectivity index (χ1v) is 10.5. The number of aromatic nitrogens is 2. The van der Waals surface area contributed by atoms with Crippen LogP contribution in [-0.2, 0) is 10.4 Å². The van der Waals surface area contributed by atoms with E-state index in [1.807, 2.05) is 31.2 Å². The molecule has 2 aromatic heterocycles. The van der Waals surface area contributed by atoms with Crippen molar-refractivity contribution >= 4 is 28.5 Å². The van der Waals surface area contributed by atoms with Gasteiger partial charge in [0.1, 0.15) is 10.0 Å². The van der Waals surface area contributed by atoms with E-state index in [9.17, 15) is 28.3 Å². The largest absolute Gasteiger partial charge is 0.424 e. The second kappa shape index (κ2) is 8.26. The molecule has 2 atom stereocenters. The van der Waals surface area contributed by atoms with Crippen LogP contribution in [0, 0.1) is 25.2 Å². The van der Waals surface area contributed by atoms with Crippen molar-refractivity contribution in [1.82, 2.24) is 9.97 Å². The van der Waals surface area contributed by atoms with Gasteiger partial charge in [0.15, 0.2) is 11.7 Å². The van der Waals surface area contributed by atoms with Gasteiger partial charge in [-0.05, 0) is 13.8 Å². The predicted molar refractivity (Wildman–Crippen MR) is 107 cm³/mol. The standard InChI is InChI=1S/C20H16F3N3O2S2/c1-11-3-5-13(6-4-11)15-10-29-17(26-15)14(8-24)16(27)7-19(28,20(21,22)23)18-25-12(2)9-30-18/h3-6,9-10,14,28H,7H2,1-2H3/t14-,19-/m1/s1. The molecule has 10 heteroatoms. The SMILES string of the molecule is Cc1ccc(-c2csc([C@H](C#N)C(=O)C[C@@](O)(c3nc(C)cs3)C(F)(F)F)n2)cc1. The van der Waals surface area contributed by atoms with E-state index in [2.05, 4.69) is 9.97 Å². The molecule has 0 aliphatic heterocycles. The predicted octanol–water partition coefficient (Wildman–Crippen LogP) is 4.90. The van der Waals surface area contributed by atoms with Gasteiger partial charge < -0.3 is 5.11 Å². The van der Waals surface area contributed by atoms with Gasteiger partial charge in [0, 0.05) is 22.0 Å². The Morgan fingerprint density at radius 3 is 2.37 bits per heavy atom. The molecule has 0 amide bonds. The van der Waals surface area contributed by atoms with E-state index in [0.29, 0.717) is 22.7 Å². The summed E-state index contributed by atoms with van der Waals surface area (Å²) in [4.78, 5) is 20.7. The maximum Gasteiger partial charge on any atom is 0.424 e. The fourth-order valence-electron chi connectivity index (χ4n) is 2.74. The van der Waals surface area contributed by atoms with Gasteiger partial charge in [-0.25, -0.2) is 9.97 Å². The van der Waals surface area contributed by atoms with E-state index in [0.717, 1.165) is 22.5 Å². The Morgan fingerprint density at radius 1 is 1.17 bits per heavy atom. The molecule has 0 aliphatic rings. The molecule has 0 spiro atoms. The second-order valence-corrected chi connectivity index (χ2v) is 8.54. The topological polar surface area (TPSA) is 86.9 Å². The summed E-state index contributed by atoms with van der Waals surface area (Å²) in [6, 6.07) is 9.13. The highest BCUT2D eigenvalue weighted by Gasteiger charge is 2.58. The summed E-state index contributed by atoms with van der Waals surface area (Å²) in [7, 11) is 0. The number of hydrogen-bond donors (Lipinski definition) is 1. The fourth-order valence-corrected chi connectivity index (χ4v) is 4.54. The van der Waals surface area contributed by atoms with E-state index in [1.165, 1.54) is 12.3 Å². The lowest BCUT2D eigenvalue weighted by Gasteiger charge is -2.28. The number of rotatable bonds is 6. The Kier molecular flexibility index (Phi) is 6.08. The van der Waals surface area contributed by atoms with Crippen molar-refractivity contribution in [2.45, 2.75) is 38.0 Å². The smallest absolute Gasteiger partial charge is 0.374 e. The molecule has 0 unspecified atom stereocenters. The van der Waals surface area contributed by atoms with E-state index in [-0.39, 0.29) is 5.01 Å². The van der Waals surface area contributed by atoms with Crippen LogP contribution < -0.4 is 0 Å². The van der Waals surface area contributed by atoms with Crippen LogP contribution in [0.25, 0.3) is 11.3 Å². The molecule has 0 saturated heterocycles. The first-order valence-electron chi connectivity index (χ1n) is 8.71. The van der Waals surface area contributed by atoms with Crippen LogP contribution in [0.2, 0.25) is 0 Å². The highest BCUT2D eigenvalue weighted by Crippen LogP contribution is 2.44. The van der Waals surface area contributed by atoms with E-state index < -0.39 is 34.9 Å². The van der Waals surface area contributed by atoms with Gasteiger partial charge >= 0.3 is 6.18 Å². The van der Waals surface area contributed by atoms with Crippen molar-refractivity contribution < 1.29 is 23.1 Å². The van der Waals surface area contributed by atoms with Gasteiger partial charge in [0.05, 0.1) is 18.2 Å². The molecule has 30 heavy (non-hydrogen) atoms. The molecule has 3 aromatic rings. The van der Waals surface area contributed by atoms with Gasteiger partial charge in [-0.3, -0.25) is 4.79 Å². The number of Topliss-reactive ketones (excluding diaryl/α,β-unsaturated/α-hetero) is 1. The molecular weight excluding hydrogens is 435 g/mol. The highest BCUT2D eigenvalue weighted by molar-refractivity contribution is 7.10. The van der Waals surface area contributed by atoms with Crippen LogP contribution in [0.3, 0.4) is 0 Å². The van der Waals surface area contributed by atoms with Crippen molar-refractivity contribution in [1.29, 1.82) is 5.26 Å². The number of carbonyl (C=O) groups is 1. The van der Waals surface area contributed by atoms with Gasteiger partial charge in [-0.1, -0.05) is 29.8 Å².